The molecule has 0 unspecified atom stereocenters. The topological polar surface area (TPSA) is 63.4 Å². The lowest BCUT2D eigenvalue weighted by molar-refractivity contribution is 0.601. The number of halogens is 1. The maximum Gasteiger partial charge on any atom is 0.261 e. The zero-order valence-corrected chi connectivity index (χ0v) is 15.2. The van der Waals surface area contributed by atoms with Gasteiger partial charge in [-0.25, -0.2) is 18.2 Å². The van der Waals surface area contributed by atoms with Crippen LogP contribution in [0.1, 0.15) is 11.3 Å². The highest BCUT2D eigenvalue weighted by molar-refractivity contribution is 7.92. The molecule has 0 spiro atoms. The van der Waals surface area contributed by atoms with E-state index in [-0.39, 0.29) is 4.90 Å². The maximum absolute atomic E-state index is 12.6. The molecule has 0 aliphatic carbocycles. The standard InChI is InChI=1S/C16H12ClN3O2S2/c1-9-7-13(14-10(2)15(18-3)23-16(14)19-9)20-24(21,22)12-6-4-5-11(17)8-12/h4-8H,1-2H3,(H,19,20). The first kappa shape index (κ1) is 16.7. The highest BCUT2D eigenvalue weighted by Gasteiger charge is 2.20. The van der Waals surface area contributed by atoms with Crippen molar-refractivity contribution < 1.29 is 8.42 Å². The Morgan fingerprint density at radius 1 is 1.29 bits per heavy atom. The van der Waals surface area contributed by atoms with Crippen LogP contribution in [0, 0.1) is 20.4 Å². The maximum atomic E-state index is 12.6. The third-order valence-corrected chi connectivity index (χ3v) is 6.13. The second-order valence-corrected chi connectivity index (χ2v) is 8.29. The van der Waals surface area contributed by atoms with Gasteiger partial charge in [0.2, 0.25) is 5.00 Å². The molecule has 8 heteroatoms. The first-order valence-electron chi connectivity index (χ1n) is 6.88. The minimum absolute atomic E-state index is 0.0795. The number of aryl methyl sites for hydroxylation is 2. The Balaban J connectivity index is 2.17. The van der Waals surface area contributed by atoms with Crippen LogP contribution in [-0.2, 0) is 10.0 Å². The molecule has 0 saturated heterocycles. The SMILES string of the molecule is [C-]#[N+]c1sc2nc(C)cc(NS(=O)(=O)c3cccc(Cl)c3)c2c1C. The summed E-state index contributed by atoms with van der Waals surface area (Å²) in [5.41, 5.74) is 1.81. The van der Waals surface area contributed by atoms with E-state index in [0.29, 0.717) is 31.6 Å². The number of aromatic nitrogens is 1. The van der Waals surface area contributed by atoms with Crippen LogP contribution in [0.15, 0.2) is 35.2 Å². The Kier molecular flexibility index (Phi) is 4.22. The number of thiophene rings is 1. The van der Waals surface area contributed by atoms with E-state index >= 15 is 0 Å². The number of nitrogens with one attached hydrogen (secondary N) is 1. The summed E-state index contributed by atoms with van der Waals surface area (Å²) in [5, 5.41) is 1.50. The van der Waals surface area contributed by atoms with Gasteiger partial charge in [-0.05, 0) is 43.7 Å². The lowest BCUT2D eigenvalue weighted by Gasteiger charge is -2.11. The molecular formula is C16H12ClN3O2S2. The minimum Gasteiger partial charge on any atom is -0.279 e. The van der Waals surface area contributed by atoms with Crippen molar-refractivity contribution in [2.45, 2.75) is 18.7 Å². The lowest BCUT2D eigenvalue weighted by atomic mass is 10.2. The van der Waals surface area contributed by atoms with Gasteiger partial charge in [0.15, 0.2) is 0 Å². The normalized spacial score (nSPS) is 11.4. The third-order valence-electron chi connectivity index (χ3n) is 3.46. The van der Waals surface area contributed by atoms with Gasteiger partial charge in [0, 0.05) is 16.1 Å². The van der Waals surface area contributed by atoms with Crippen LogP contribution >= 0.6 is 22.9 Å². The molecule has 2 aromatic heterocycles. The predicted octanol–water partition coefficient (Wildman–Crippen LogP) is 4.92. The molecule has 3 aromatic rings. The van der Waals surface area contributed by atoms with Gasteiger partial charge in [-0.2, -0.15) is 0 Å². The molecule has 5 nitrogen and oxygen atoms in total. The summed E-state index contributed by atoms with van der Waals surface area (Å²) in [7, 11) is -3.79. The van der Waals surface area contributed by atoms with Gasteiger partial charge >= 0.3 is 0 Å². The molecule has 3 rings (SSSR count). The molecule has 24 heavy (non-hydrogen) atoms. The first-order valence-corrected chi connectivity index (χ1v) is 9.56. The number of sulfonamides is 1. The molecule has 2 heterocycles. The largest absolute Gasteiger partial charge is 0.279 e. The number of rotatable bonds is 3. The third kappa shape index (κ3) is 2.96. The molecule has 0 fully saturated rings. The van der Waals surface area contributed by atoms with Crippen LogP contribution in [0.3, 0.4) is 0 Å². The monoisotopic (exact) mass is 377 g/mol. The van der Waals surface area contributed by atoms with Crippen molar-refractivity contribution in [1.82, 2.24) is 4.98 Å². The number of pyridine rings is 1. The number of hydrogen-bond acceptors (Lipinski definition) is 4. The average Bonchev–Trinajstić information content (AvgIpc) is 2.83. The van der Waals surface area contributed by atoms with Crippen molar-refractivity contribution in [3.63, 3.8) is 0 Å². The molecular weight excluding hydrogens is 366 g/mol. The van der Waals surface area contributed by atoms with Crippen LogP contribution in [0.5, 0.6) is 0 Å². The predicted molar refractivity (Wildman–Crippen MR) is 97.6 cm³/mol. The van der Waals surface area contributed by atoms with Gasteiger partial charge in [-0.3, -0.25) is 4.72 Å². The van der Waals surface area contributed by atoms with Crippen molar-refractivity contribution in [1.29, 1.82) is 0 Å². The van der Waals surface area contributed by atoms with Gasteiger partial charge in [0.25, 0.3) is 10.0 Å². The van der Waals surface area contributed by atoms with E-state index in [1.54, 1.807) is 32.0 Å². The van der Waals surface area contributed by atoms with E-state index in [2.05, 4.69) is 14.6 Å². The van der Waals surface area contributed by atoms with Gasteiger partial charge < -0.3 is 0 Å². The Bertz CT molecular complexity index is 1100. The molecule has 0 radical (unpaired) electrons. The zero-order valence-electron chi connectivity index (χ0n) is 12.8. The van der Waals surface area contributed by atoms with Crippen LogP contribution in [0.25, 0.3) is 15.1 Å². The van der Waals surface area contributed by atoms with Gasteiger partial charge in [-0.1, -0.05) is 17.7 Å². The average molecular weight is 378 g/mol. The Hall–Kier alpha value is -2.14. The second-order valence-electron chi connectivity index (χ2n) is 5.20. The lowest BCUT2D eigenvalue weighted by Crippen LogP contribution is -2.13. The fraction of sp³-hybridized carbons (Fsp3) is 0.125. The van der Waals surface area contributed by atoms with Crippen LogP contribution in [0.4, 0.5) is 10.7 Å². The van der Waals surface area contributed by atoms with Gasteiger partial charge in [-0.15, -0.1) is 11.3 Å². The summed E-state index contributed by atoms with van der Waals surface area (Å²) < 4.78 is 27.9. The molecule has 0 amide bonds. The summed E-state index contributed by atoms with van der Waals surface area (Å²) in [6.07, 6.45) is 0. The van der Waals surface area contributed by atoms with Crippen LogP contribution in [0.2, 0.25) is 5.02 Å². The quantitative estimate of drug-likeness (QED) is 0.659. The van der Waals surface area contributed by atoms with Crippen molar-refractivity contribution in [2.24, 2.45) is 0 Å². The molecule has 0 aliphatic heterocycles. The van der Waals surface area contributed by atoms with E-state index in [1.165, 1.54) is 23.5 Å². The van der Waals surface area contributed by atoms with Crippen molar-refractivity contribution in [3.05, 3.63) is 58.0 Å². The van der Waals surface area contributed by atoms with Crippen LogP contribution < -0.4 is 4.72 Å². The Morgan fingerprint density at radius 3 is 2.71 bits per heavy atom. The summed E-state index contributed by atoms with van der Waals surface area (Å²) in [5.74, 6) is 0. The number of fused-ring (bicyclic) bond motifs is 1. The molecule has 0 atom stereocenters. The van der Waals surface area contributed by atoms with E-state index < -0.39 is 10.0 Å². The fourth-order valence-corrected chi connectivity index (χ4v) is 4.78. The molecule has 0 saturated carbocycles. The minimum atomic E-state index is -3.79. The fourth-order valence-electron chi connectivity index (χ4n) is 2.38. The van der Waals surface area contributed by atoms with E-state index in [1.807, 2.05) is 0 Å². The summed E-state index contributed by atoms with van der Waals surface area (Å²) >= 11 is 7.14. The zero-order chi connectivity index (χ0) is 17.5. The number of benzene rings is 1. The number of hydrogen-bond donors (Lipinski definition) is 1. The Labute approximate surface area is 148 Å². The van der Waals surface area contributed by atoms with Gasteiger partial charge in [0.05, 0.1) is 17.2 Å². The van der Waals surface area contributed by atoms with Gasteiger partial charge in [0.1, 0.15) is 4.83 Å². The Morgan fingerprint density at radius 2 is 2.04 bits per heavy atom. The second kappa shape index (κ2) is 6.06. The molecule has 122 valence electrons. The van der Waals surface area contributed by atoms with Crippen molar-refractivity contribution in [2.75, 3.05) is 4.72 Å². The summed E-state index contributed by atoms with van der Waals surface area (Å²) in [6.45, 7) is 10.8. The smallest absolute Gasteiger partial charge is 0.261 e. The molecule has 1 N–H and O–H groups in total. The van der Waals surface area contributed by atoms with E-state index in [9.17, 15) is 8.42 Å². The highest BCUT2D eigenvalue weighted by Crippen LogP contribution is 2.40. The molecule has 0 bridgehead atoms. The molecule has 1 aromatic carbocycles. The first-order chi connectivity index (χ1) is 11.3. The molecule has 0 aliphatic rings. The van der Waals surface area contributed by atoms with Crippen molar-refractivity contribution in [3.8, 4) is 0 Å². The summed E-state index contributed by atoms with van der Waals surface area (Å²) in [6, 6.07) is 7.72. The number of anilines is 1. The summed E-state index contributed by atoms with van der Waals surface area (Å²) in [4.78, 5) is 8.60. The van der Waals surface area contributed by atoms with E-state index in [4.69, 9.17) is 18.2 Å². The number of nitrogens with zero attached hydrogens (tertiary/aromatic N) is 2. The van der Waals surface area contributed by atoms with E-state index in [0.717, 1.165) is 5.56 Å². The van der Waals surface area contributed by atoms with Crippen molar-refractivity contribution >= 4 is 53.9 Å². The van der Waals surface area contributed by atoms with Crippen LogP contribution in [-0.4, -0.2) is 13.4 Å². The highest BCUT2D eigenvalue weighted by atomic mass is 35.5.